The van der Waals surface area contributed by atoms with Crippen molar-refractivity contribution in [3.05, 3.63) is 59.0 Å². The molecular weight excluding hydrogens is 478 g/mol. The molecule has 198 valence electrons. The molecule has 1 saturated heterocycles. The highest BCUT2D eigenvalue weighted by molar-refractivity contribution is 5.89. The molecule has 0 bridgehead atoms. The summed E-state index contributed by atoms with van der Waals surface area (Å²) in [5.41, 5.74) is 0.912. The van der Waals surface area contributed by atoms with E-state index in [9.17, 15) is 19.5 Å². The number of hydrogen-bond acceptors (Lipinski definition) is 6. The number of para-hydroxylation sites is 2. The van der Waals surface area contributed by atoms with Crippen molar-refractivity contribution in [1.82, 2.24) is 24.7 Å². The number of methoxy groups -OCH3 is 1. The minimum atomic E-state index is -1.09. The van der Waals surface area contributed by atoms with Crippen LogP contribution in [0.2, 0.25) is 0 Å². The van der Waals surface area contributed by atoms with Crippen LogP contribution in [0, 0.1) is 5.92 Å². The van der Waals surface area contributed by atoms with Crippen LogP contribution in [0.15, 0.2) is 53.3 Å². The van der Waals surface area contributed by atoms with Gasteiger partial charge in [0.05, 0.1) is 24.2 Å². The molecule has 1 aliphatic heterocycles. The zero-order valence-electron chi connectivity index (χ0n) is 21.1. The summed E-state index contributed by atoms with van der Waals surface area (Å²) in [6, 6.07) is 13.5. The Bertz CT molecular complexity index is 1280. The first-order valence-electron chi connectivity index (χ1n) is 12.3. The zero-order chi connectivity index (χ0) is 26.4. The number of aromatic nitrogens is 2. The second kappa shape index (κ2) is 11.8. The quantitative estimate of drug-likeness (QED) is 0.402. The number of carbonyl (C=O) groups is 2. The van der Waals surface area contributed by atoms with E-state index in [2.05, 4.69) is 15.5 Å². The van der Waals surface area contributed by atoms with Gasteiger partial charge in [0, 0.05) is 20.1 Å². The molecule has 11 nitrogen and oxygen atoms in total. The normalized spacial score (nSPS) is 15.3. The highest BCUT2D eigenvalue weighted by atomic mass is 16.5. The maximum atomic E-state index is 12.8. The lowest BCUT2D eigenvalue weighted by Gasteiger charge is -2.34. The van der Waals surface area contributed by atoms with E-state index in [1.807, 2.05) is 12.1 Å². The molecule has 1 aliphatic rings. The number of fused-ring (bicyclic) bond motifs is 1. The molecule has 1 atom stereocenters. The van der Waals surface area contributed by atoms with E-state index in [-0.39, 0.29) is 18.2 Å². The molecule has 3 aromatic rings. The van der Waals surface area contributed by atoms with Crippen LogP contribution in [-0.4, -0.2) is 77.2 Å². The first-order chi connectivity index (χ1) is 17.9. The summed E-state index contributed by atoms with van der Waals surface area (Å²) in [5.74, 6) is 1.63. The fourth-order valence-corrected chi connectivity index (χ4v) is 4.67. The lowest BCUT2D eigenvalue weighted by molar-refractivity contribution is 0.138. The Balaban J connectivity index is 1.26. The van der Waals surface area contributed by atoms with E-state index in [0.29, 0.717) is 29.9 Å². The van der Waals surface area contributed by atoms with Crippen molar-refractivity contribution in [2.45, 2.75) is 18.9 Å². The number of carbonyl (C=O) groups excluding carboxylic acids is 1. The van der Waals surface area contributed by atoms with Crippen LogP contribution in [-0.2, 0) is 7.05 Å². The predicted octanol–water partition coefficient (Wildman–Crippen LogP) is 2.33. The van der Waals surface area contributed by atoms with Crippen LogP contribution in [0.5, 0.6) is 11.5 Å². The van der Waals surface area contributed by atoms with Gasteiger partial charge in [0.25, 0.3) is 0 Å². The Hall–Kier alpha value is -3.99. The molecule has 1 fully saturated rings. The Kier molecular flexibility index (Phi) is 8.34. The van der Waals surface area contributed by atoms with Gasteiger partial charge >= 0.3 is 17.8 Å². The van der Waals surface area contributed by atoms with Gasteiger partial charge in [-0.3, -0.25) is 4.57 Å². The van der Waals surface area contributed by atoms with E-state index in [4.69, 9.17) is 9.47 Å². The van der Waals surface area contributed by atoms with Gasteiger partial charge in [0.15, 0.2) is 0 Å². The fourth-order valence-electron chi connectivity index (χ4n) is 4.67. The second-order valence-corrected chi connectivity index (χ2v) is 9.23. The third-order valence-electron chi connectivity index (χ3n) is 6.73. The SMILES string of the molecule is COc1ccc(OCC(CN2CCC(CNC(=O)n3c(=O)n(C)c4ccccc43)CC2)NC(=O)O)cc1. The van der Waals surface area contributed by atoms with Crippen LogP contribution in [0.3, 0.4) is 0 Å². The summed E-state index contributed by atoms with van der Waals surface area (Å²) in [4.78, 5) is 38.9. The smallest absolute Gasteiger partial charge is 0.405 e. The summed E-state index contributed by atoms with van der Waals surface area (Å²) < 4.78 is 13.6. The van der Waals surface area contributed by atoms with Gasteiger partial charge < -0.3 is 30.1 Å². The number of amides is 2. The Morgan fingerprint density at radius 1 is 1.05 bits per heavy atom. The van der Waals surface area contributed by atoms with Crippen molar-refractivity contribution >= 4 is 23.2 Å². The zero-order valence-corrected chi connectivity index (χ0v) is 21.1. The molecule has 1 unspecified atom stereocenters. The number of carboxylic acid groups (broad SMARTS) is 1. The number of piperidine rings is 1. The number of imidazole rings is 1. The summed E-state index contributed by atoms with van der Waals surface area (Å²) in [6.45, 7) is 2.74. The van der Waals surface area contributed by atoms with Crippen molar-refractivity contribution in [3.63, 3.8) is 0 Å². The number of ether oxygens (including phenoxy) is 2. The van der Waals surface area contributed by atoms with Crippen LogP contribution in [0.1, 0.15) is 12.8 Å². The number of nitrogens with one attached hydrogen (secondary N) is 2. The van der Waals surface area contributed by atoms with E-state index in [1.54, 1.807) is 50.6 Å². The van der Waals surface area contributed by atoms with Crippen LogP contribution >= 0.6 is 0 Å². The molecule has 11 heteroatoms. The van der Waals surface area contributed by atoms with E-state index in [0.717, 1.165) is 31.7 Å². The minimum absolute atomic E-state index is 0.203. The molecular formula is C26H33N5O6. The van der Waals surface area contributed by atoms with Gasteiger partial charge in [-0.05, 0) is 68.2 Å². The average molecular weight is 512 g/mol. The Morgan fingerprint density at radius 2 is 1.70 bits per heavy atom. The van der Waals surface area contributed by atoms with Crippen molar-refractivity contribution in [2.24, 2.45) is 13.0 Å². The Morgan fingerprint density at radius 3 is 2.35 bits per heavy atom. The molecule has 0 aliphatic carbocycles. The van der Waals surface area contributed by atoms with Crippen molar-refractivity contribution < 1.29 is 24.2 Å². The fraction of sp³-hybridized carbons (Fsp3) is 0.423. The van der Waals surface area contributed by atoms with E-state index >= 15 is 0 Å². The molecule has 0 saturated carbocycles. The summed E-state index contributed by atoms with van der Waals surface area (Å²) in [6.07, 6.45) is 0.609. The van der Waals surface area contributed by atoms with Crippen LogP contribution < -0.4 is 25.8 Å². The van der Waals surface area contributed by atoms with Crippen LogP contribution in [0.25, 0.3) is 11.0 Å². The summed E-state index contributed by atoms with van der Waals surface area (Å²) in [5, 5.41) is 14.7. The molecule has 0 radical (unpaired) electrons. The molecule has 4 rings (SSSR count). The first kappa shape index (κ1) is 26.1. The number of rotatable bonds is 9. The molecule has 0 spiro atoms. The average Bonchev–Trinajstić information content (AvgIpc) is 3.16. The van der Waals surface area contributed by atoms with Gasteiger partial charge in [-0.15, -0.1) is 0 Å². The molecule has 37 heavy (non-hydrogen) atoms. The molecule has 1 aromatic heterocycles. The summed E-state index contributed by atoms with van der Waals surface area (Å²) >= 11 is 0. The predicted molar refractivity (Wildman–Crippen MR) is 139 cm³/mol. The minimum Gasteiger partial charge on any atom is -0.497 e. The third kappa shape index (κ3) is 6.42. The maximum absolute atomic E-state index is 12.8. The van der Waals surface area contributed by atoms with Gasteiger partial charge in [-0.1, -0.05) is 12.1 Å². The largest absolute Gasteiger partial charge is 0.497 e. The molecule has 2 amide bonds. The highest BCUT2D eigenvalue weighted by Crippen LogP contribution is 2.19. The monoisotopic (exact) mass is 511 g/mol. The van der Waals surface area contributed by atoms with Gasteiger partial charge in [0.1, 0.15) is 18.1 Å². The van der Waals surface area contributed by atoms with Crippen LogP contribution in [0.4, 0.5) is 9.59 Å². The number of likely N-dealkylation sites (tertiary alicyclic amines) is 1. The van der Waals surface area contributed by atoms with Crippen molar-refractivity contribution in [2.75, 3.05) is 39.9 Å². The number of benzene rings is 2. The standard InChI is InChI=1S/C26H33N5O6/c1-29-22-5-3-4-6-23(22)31(26(29)35)24(32)27-15-18-11-13-30(14-12-18)16-19(28-25(33)34)17-37-21-9-7-20(36-2)8-10-21/h3-10,18-19,28H,11-17H2,1-2H3,(H,27,32)(H,33,34). The number of aryl methyl sites for hydroxylation is 1. The van der Waals surface area contributed by atoms with Gasteiger partial charge in [-0.25, -0.2) is 19.0 Å². The second-order valence-electron chi connectivity index (χ2n) is 9.23. The molecule has 3 N–H and O–H groups in total. The first-order valence-corrected chi connectivity index (χ1v) is 12.3. The highest BCUT2D eigenvalue weighted by Gasteiger charge is 2.24. The van der Waals surface area contributed by atoms with Gasteiger partial charge in [-0.2, -0.15) is 0 Å². The van der Waals surface area contributed by atoms with Gasteiger partial charge in [0.2, 0.25) is 0 Å². The van der Waals surface area contributed by atoms with Crippen molar-refractivity contribution in [1.29, 1.82) is 0 Å². The Labute approximate surface area is 214 Å². The maximum Gasteiger partial charge on any atom is 0.405 e. The lowest BCUT2D eigenvalue weighted by atomic mass is 9.96. The lowest BCUT2D eigenvalue weighted by Crippen LogP contribution is -2.49. The summed E-state index contributed by atoms with van der Waals surface area (Å²) in [7, 11) is 3.24. The van der Waals surface area contributed by atoms with E-state index in [1.165, 1.54) is 9.13 Å². The molecule has 2 aromatic carbocycles. The topological polar surface area (TPSA) is 127 Å². The number of hydrogen-bond donors (Lipinski definition) is 3. The number of nitrogens with zero attached hydrogens (tertiary/aromatic N) is 3. The third-order valence-corrected chi connectivity index (χ3v) is 6.73. The molecule has 2 heterocycles. The van der Waals surface area contributed by atoms with E-state index < -0.39 is 18.2 Å². The van der Waals surface area contributed by atoms with Crippen molar-refractivity contribution in [3.8, 4) is 11.5 Å².